The SMILES string of the molecule is COc1nccc(C)c1-c1ccc(C[n+]2cc(NC(=O)Nc3cccc(C(F)(F)F)c3)on2)nc1. The zero-order valence-electron chi connectivity index (χ0n) is 18.6. The number of benzene rings is 1. The third kappa shape index (κ3) is 5.72. The third-order valence-electron chi connectivity index (χ3n) is 4.95. The van der Waals surface area contributed by atoms with Crippen LogP contribution >= 0.6 is 0 Å². The molecule has 0 aliphatic carbocycles. The number of alkyl halides is 3. The van der Waals surface area contributed by atoms with Crippen LogP contribution in [0.4, 0.5) is 29.5 Å². The summed E-state index contributed by atoms with van der Waals surface area (Å²) in [5, 5.41) is 8.52. The number of aryl methyl sites for hydroxylation is 1. The molecule has 0 spiro atoms. The van der Waals surface area contributed by atoms with Crippen LogP contribution in [0.2, 0.25) is 0 Å². The van der Waals surface area contributed by atoms with E-state index in [1.54, 1.807) is 19.5 Å². The first-order valence-corrected chi connectivity index (χ1v) is 10.3. The van der Waals surface area contributed by atoms with Gasteiger partial charge in [0.2, 0.25) is 17.7 Å². The van der Waals surface area contributed by atoms with Gasteiger partial charge in [0, 0.05) is 29.2 Å². The van der Waals surface area contributed by atoms with Gasteiger partial charge in [0.05, 0.1) is 12.7 Å². The molecule has 2 amide bonds. The number of hydrogen-bond acceptors (Lipinski definition) is 6. The molecule has 0 fully saturated rings. The Balaban J connectivity index is 1.39. The van der Waals surface area contributed by atoms with Crippen molar-refractivity contribution in [2.24, 2.45) is 0 Å². The number of hydrogen-bond donors (Lipinski definition) is 2. The molecule has 180 valence electrons. The summed E-state index contributed by atoms with van der Waals surface area (Å²) in [4.78, 5) is 20.8. The number of carbonyl (C=O) groups excluding carboxylic acids is 1. The van der Waals surface area contributed by atoms with Crippen LogP contribution < -0.4 is 20.1 Å². The number of pyridine rings is 2. The van der Waals surface area contributed by atoms with Gasteiger partial charge in [-0.25, -0.2) is 9.78 Å². The molecule has 0 unspecified atom stereocenters. The van der Waals surface area contributed by atoms with Gasteiger partial charge in [-0.3, -0.25) is 14.8 Å². The Hall–Kier alpha value is -4.48. The molecule has 0 atom stereocenters. The molecule has 0 saturated heterocycles. The predicted molar refractivity (Wildman–Crippen MR) is 119 cm³/mol. The lowest BCUT2D eigenvalue weighted by Gasteiger charge is -2.10. The van der Waals surface area contributed by atoms with Crippen LogP contribution in [0.25, 0.3) is 11.1 Å². The van der Waals surface area contributed by atoms with Gasteiger partial charge in [0.15, 0.2) is 0 Å². The van der Waals surface area contributed by atoms with E-state index in [4.69, 9.17) is 9.26 Å². The quantitative estimate of drug-likeness (QED) is 0.391. The molecule has 4 rings (SSSR count). The highest BCUT2D eigenvalue weighted by molar-refractivity contribution is 5.98. The van der Waals surface area contributed by atoms with Crippen molar-refractivity contribution in [2.75, 3.05) is 17.7 Å². The van der Waals surface area contributed by atoms with Crippen LogP contribution in [-0.2, 0) is 12.7 Å². The Morgan fingerprint density at radius 2 is 1.97 bits per heavy atom. The average molecular weight is 485 g/mol. The van der Waals surface area contributed by atoms with Gasteiger partial charge in [-0.15, -0.1) is 0 Å². The van der Waals surface area contributed by atoms with Crippen molar-refractivity contribution in [3.05, 3.63) is 77.9 Å². The van der Waals surface area contributed by atoms with Crippen LogP contribution in [0.5, 0.6) is 5.88 Å². The number of halogens is 3. The highest BCUT2D eigenvalue weighted by Crippen LogP contribution is 2.31. The number of carbonyl (C=O) groups is 1. The minimum Gasteiger partial charge on any atom is -0.481 e. The molecule has 9 nitrogen and oxygen atoms in total. The van der Waals surface area contributed by atoms with Crippen LogP contribution in [0.1, 0.15) is 16.8 Å². The molecule has 35 heavy (non-hydrogen) atoms. The second-order valence-corrected chi connectivity index (χ2v) is 7.47. The number of urea groups is 1. The Bertz CT molecular complexity index is 1340. The zero-order chi connectivity index (χ0) is 25.0. The van der Waals surface area contributed by atoms with Crippen molar-refractivity contribution in [2.45, 2.75) is 19.6 Å². The van der Waals surface area contributed by atoms with E-state index >= 15 is 0 Å². The molecular weight excluding hydrogens is 465 g/mol. The van der Waals surface area contributed by atoms with E-state index in [0.717, 1.165) is 28.8 Å². The van der Waals surface area contributed by atoms with Crippen molar-refractivity contribution in [1.29, 1.82) is 0 Å². The lowest BCUT2D eigenvalue weighted by Crippen LogP contribution is -2.35. The third-order valence-corrected chi connectivity index (χ3v) is 4.95. The first kappa shape index (κ1) is 23.7. The van der Waals surface area contributed by atoms with Crippen LogP contribution in [0, 0.1) is 6.92 Å². The van der Waals surface area contributed by atoms with E-state index in [-0.39, 0.29) is 18.1 Å². The number of amides is 2. The fourth-order valence-electron chi connectivity index (χ4n) is 3.33. The van der Waals surface area contributed by atoms with Gasteiger partial charge in [-0.1, -0.05) is 12.1 Å². The van der Waals surface area contributed by atoms with Crippen LogP contribution in [0.3, 0.4) is 0 Å². The zero-order valence-corrected chi connectivity index (χ0v) is 18.6. The van der Waals surface area contributed by atoms with Crippen molar-refractivity contribution in [3.8, 4) is 17.0 Å². The van der Waals surface area contributed by atoms with Gasteiger partial charge in [-0.05, 0) is 47.5 Å². The number of rotatable bonds is 6. The average Bonchev–Trinajstić information content (AvgIpc) is 3.25. The monoisotopic (exact) mass is 485 g/mol. The highest BCUT2D eigenvalue weighted by Gasteiger charge is 2.30. The first-order chi connectivity index (χ1) is 16.7. The molecule has 0 radical (unpaired) electrons. The largest absolute Gasteiger partial charge is 0.481 e. The van der Waals surface area contributed by atoms with E-state index in [2.05, 4.69) is 25.9 Å². The summed E-state index contributed by atoms with van der Waals surface area (Å²) in [5.41, 5.74) is 2.47. The second kappa shape index (κ2) is 9.79. The smallest absolute Gasteiger partial charge is 0.416 e. The fraction of sp³-hybridized carbons (Fsp3) is 0.174. The van der Waals surface area contributed by atoms with E-state index in [1.165, 1.54) is 23.0 Å². The second-order valence-electron chi connectivity index (χ2n) is 7.47. The Kier molecular flexibility index (Phi) is 6.62. The molecule has 0 bridgehead atoms. The Labute approximate surface area is 197 Å². The summed E-state index contributed by atoms with van der Waals surface area (Å²) in [5.74, 6) is 0.506. The molecule has 3 aromatic heterocycles. The van der Waals surface area contributed by atoms with Gasteiger partial charge in [0.1, 0.15) is 5.69 Å². The maximum absolute atomic E-state index is 12.8. The maximum Gasteiger partial charge on any atom is 0.416 e. The van der Waals surface area contributed by atoms with E-state index < -0.39 is 17.8 Å². The molecule has 4 aromatic rings. The van der Waals surface area contributed by atoms with Crippen LogP contribution in [0.15, 0.2) is 65.6 Å². The summed E-state index contributed by atoms with van der Waals surface area (Å²) >= 11 is 0. The normalized spacial score (nSPS) is 11.2. The number of nitrogens with zero attached hydrogens (tertiary/aromatic N) is 4. The summed E-state index contributed by atoms with van der Waals surface area (Å²) in [7, 11) is 1.56. The summed E-state index contributed by atoms with van der Waals surface area (Å²) in [6.45, 7) is 2.21. The number of ether oxygens (including phenoxy) is 1. The van der Waals surface area contributed by atoms with E-state index in [1.807, 2.05) is 25.1 Å². The molecule has 2 N–H and O–H groups in total. The number of aromatic nitrogens is 4. The van der Waals surface area contributed by atoms with Gasteiger partial charge in [0.25, 0.3) is 6.20 Å². The topological polar surface area (TPSA) is 106 Å². The van der Waals surface area contributed by atoms with Gasteiger partial charge < -0.3 is 10.1 Å². The van der Waals surface area contributed by atoms with Crippen LogP contribution in [-0.4, -0.2) is 28.4 Å². The lowest BCUT2D eigenvalue weighted by atomic mass is 10.0. The Morgan fingerprint density at radius 1 is 1.14 bits per heavy atom. The van der Waals surface area contributed by atoms with Gasteiger partial charge >= 0.3 is 18.1 Å². The predicted octanol–water partition coefficient (Wildman–Crippen LogP) is 4.45. The summed E-state index contributed by atoms with van der Waals surface area (Å²) in [6, 6.07) is 9.09. The number of anilines is 2. The first-order valence-electron chi connectivity index (χ1n) is 10.3. The molecule has 3 heterocycles. The van der Waals surface area contributed by atoms with E-state index in [0.29, 0.717) is 11.6 Å². The van der Waals surface area contributed by atoms with Crippen molar-refractivity contribution < 1.29 is 31.9 Å². The fourth-order valence-corrected chi connectivity index (χ4v) is 3.33. The van der Waals surface area contributed by atoms with Crippen molar-refractivity contribution >= 4 is 17.6 Å². The number of nitrogens with one attached hydrogen (secondary N) is 2. The van der Waals surface area contributed by atoms with E-state index in [9.17, 15) is 18.0 Å². The molecule has 0 aliphatic rings. The molecular formula is C23H20F3N6O3+. The minimum atomic E-state index is -4.51. The maximum atomic E-state index is 12.8. The summed E-state index contributed by atoms with van der Waals surface area (Å²) in [6.07, 6.45) is 0.283. The molecule has 12 heteroatoms. The highest BCUT2D eigenvalue weighted by atomic mass is 19.4. The van der Waals surface area contributed by atoms with Crippen molar-refractivity contribution in [3.63, 3.8) is 0 Å². The standard InChI is InChI=1S/C23H19F3N6O3/c1-14-8-9-27-21(34-2)20(14)15-6-7-18(28-11-15)12-32-13-19(35-31-32)30-22(33)29-17-5-3-4-16(10-17)23(24,25)26/h3-11,13H,12H2,1-2H3,(H-,29,30,31,33)/p+1. The number of methoxy groups -OCH3 is 1. The van der Waals surface area contributed by atoms with Gasteiger partial charge in [-0.2, -0.15) is 13.2 Å². The molecule has 1 aromatic carbocycles. The lowest BCUT2D eigenvalue weighted by molar-refractivity contribution is -0.755. The minimum absolute atomic E-state index is 0.00168. The molecule has 0 saturated carbocycles. The van der Waals surface area contributed by atoms with Crippen molar-refractivity contribution in [1.82, 2.24) is 15.2 Å². The Morgan fingerprint density at radius 3 is 2.69 bits per heavy atom. The molecule has 0 aliphatic heterocycles. The summed E-state index contributed by atoms with van der Waals surface area (Å²) < 4.78 is 50.3.